The summed E-state index contributed by atoms with van der Waals surface area (Å²) in [5, 5.41) is 7.06. The van der Waals surface area contributed by atoms with E-state index in [4.69, 9.17) is 16.1 Å². The number of carbonyl (C=O) groups is 2. The Hall–Kier alpha value is -1.65. The summed E-state index contributed by atoms with van der Waals surface area (Å²) in [6.45, 7) is 4.46. The van der Waals surface area contributed by atoms with Gasteiger partial charge in [-0.3, -0.25) is 14.5 Å². The number of hydrogen-bond donors (Lipinski definition) is 1. The lowest BCUT2D eigenvalue weighted by Gasteiger charge is -2.34. The van der Waals surface area contributed by atoms with E-state index in [0.717, 1.165) is 3.57 Å². The van der Waals surface area contributed by atoms with Crippen LogP contribution >= 0.6 is 34.2 Å². The van der Waals surface area contributed by atoms with E-state index < -0.39 is 0 Å². The number of anilines is 1. The van der Waals surface area contributed by atoms with Crippen LogP contribution < -0.4 is 5.32 Å². The molecule has 1 fully saturated rings. The number of hydrogen-bond acceptors (Lipinski definition) is 5. The predicted octanol–water partition coefficient (Wildman–Crippen LogP) is 2.64. The molecule has 1 aliphatic rings. The van der Waals surface area contributed by atoms with Gasteiger partial charge in [-0.15, -0.1) is 0 Å². The number of nitrogens with one attached hydrogen (secondary N) is 1. The van der Waals surface area contributed by atoms with E-state index in [1.54, 1.807) is 36.1 Å². The van der Waals surface area contributed by atoms with Crippen molar-refractivity contribution < 1.29 is 14.1 Å². The molecule has 2 aromatic rings. The number of nitrogens with zero attached hydrogens (tertiary/aromatic N) is 3. The van der Waals surface area contributed by atoms with Crippen molar-refractivity contribution in [3.8, 4) is 0 Å². The first-order valence-electron chi connectivity index (χ1n) is 8.12. The molecule has 1 saturated heterocycles. The number of carbonyl (C=O) groups excluding carboxylic acids is 2. The van der Waals surface area contributed by atoms with Crippen molar-refractivity contribution in [2.75, 3.05) is 38.0 Å². The van der Waals surface area contributed by atoms with Crippen LogP contribution in [-0.2, 0) is 4.79 Å². The van der Waals surface area contributed by atoms with Gasteiger partial charge in [-0.1, -0.05) is 16.8 Å². The van der Waals surface area contributed by atoms with Gasteiger partial charge in [-0.25, -0.2) is 0 Å². The van der Waals surface area contributed by atoms with Crippen molar-refractivity contribution >= 4 is 51.8 Å². The van der Waals surface area contributed by atoms with Gasteiger partial charge in [0.15, 0.2) is 5.82 Å². The van der Waals surface area contributed by atoms with Crippen molar-refractivity contribution in [2.24, 2.45) is 0 Å². The summed E-state index contributed by atoms with van der Waals surface area (Å²) < 4.78 is 5.76. The second-order valence-corrected chi connectivity index (χ2v) is 7.66. The summed E-state index contributed by atoms with van der Waals surface area (Å²) in [5.41, 5.74) is 0.655. The topological polar surface area (TPSA) is 78.7 Å². The third-order valence-corrected chi connectivity index (χ3v) is 5.21. The highest BCUT2D eigenvalue weighted by molar-refractivity contribution is 14.1. The number of amides is 2. The highest BCUT2D eigenvalue weighted by atomic mass is 127. The van der Waals surface area contributed by atoms with Gasteiger partial charge in [0, 0.05) is 40.8 Å². The molecule has 0 unspecified atom stereocenters. The second-order valence-electron chi connectivity index (χ2n) is 6.06. The first kappa shape index (κ1) is 19.1. The number of aromatic nitrogens is 1. The van der Waals surface area contributed by atoms with Gasteiger partial charge in [-0.05, 0) is 47.7 Å². The lowest BCUT2D eigenvalue weighted by Crippen LogP contribution is -2.50. The molecular weight excluding hydrogens is 471 g/mol. The van der Waals surface area contributed by atoms with Gasteiger partial charge in [0.2, 0.25) is 5.91 Å². The molecule has 9 heteroatoms. The summed E-state index contributed by atoms with van der Waals surface area (Å²) in [5.74, 6) is 0.904. The van der Waals surface area contributed by atoms with E-state index in [0.29, 0.717) is 48.3 Å². The standard InChI is InChI=1S/C17H18ClIN4O3/c1-11-8-15(21-26-11)20-16(24)10-22-4-6-23(7-5-22)17(25)13-3-2-12(18)9-14(13)19/h2-3,8-9H,4-7,10H2,1H3,(H,20,21,24). The van der Waals surface area contributed by atoms with Gasteiger partial charge < -0.3 is 14.7 Å². The third-order valence-electron chi connectivity index (χ3n) is 4.08. The normalized spacial score (nSPS) is 15.1. The van der Waals surface area contributed by atoms with Crippen LogP contribution in [0.15, 0.2) is 28.8 Å². The van der Waals surface area contributed by atoms with Crippen LogP contribution in [0.25, 0.3) is 0 Å². The van der Waals surface area contributed by atoms with Crippen molar-refractivity contribution in [2.45, 2.75) is 6.92 Å². The molecule has 1 aliphatic heterocycles. The quantitative estimate of drug-likeness (QED) is 0.670. The minimum absolute atomic E-state index is 0.00626. The molecule has 0 spiro atoms. The Kier molecular flexibility index (Phi) is 6.15. The van der Waals surface area contributed by atoms with E-state index in [-0.39, 0.29) is 18.4 Å². The zero-order valence-corrected chi connectivity index (χ0v) is 17.1. The number of piperazine rings is 1. The zero-order chi connectivity index (χ0) is 18.7. The Morgan fingerprint density at radius 2 is 2.00 bits per heavy atom. The van der Waals surface area contributed by atoms with Crippen molar-refractivity contribution in [3.63, 3.8) is 0 Å². The first-order valence-corrected chi connectivity index (χ1v) is 9.58. The fourth-order valence-corrected chi connectivity index (χ4v) is 3.86. The van der Waals surface area contributed by atoms with Crippen molar-refractivity contribution in [3.05, 3.63) is 44.2 Å². The number of aryl methyl sites for hydroxylation is 1. The van der Waals surface area contributed by atoms with Gasteiger partial charge in [0.25, 0.3) is 5.91 Å². The first-order chi connectivity index (χ1) is 12.4. The molecule has 2 heterocycles. The molecule has 3 rings (SSSR count). The van der Waals surface area contributed by atoms with Crippen LogP contribution in [0.3, 0.4) is 0 Å². The smallest absolute Gasteiger partial charge is 0.255 e. The highest BCUT2D eigenvalue weighted by Crippen LogP contribution is 2.20. The van der Waals surface area contributed by atoms with Crippen molar-refractivity contribution in [1.29, 1.82) is 0 Å². The van der Waals surface area contributed by atoms with Crippen LogP contribution in [0, 0.1) is 10.5 Å². The fourth-order valence-electron chi connectivity index (χ4n) is 2.75. The van der Waals surface area contributed by atoms with Crippen LogP contribution in [0.4, 0.5) is 5.82 Å². The Labute approximate surface area is 169 Å². The molecule has 0 saturated carbocycles. The minimum atomic E-state index is -0.148. The minimum Gasteiger partial charge on any atom is -0.360 e. The van der Waals surface area contributed by atoms with E-state index in [9.17, 15) is 9.59 Å². The zero-order valence-electron chi connectivity index (χ0n) is 14.2. The van der Waals surface area contributed by atoms with E-state index in [2.05, 4.69) is 33.1 Å². The van der Waals surface area contributed by atoms with Gasteiger partial charge in [-0.2, -0.15) is 0 Å². The largest absolute Gasteiger partial charge is 0.360 e. The molecule has 0 radical (unpaired) electrons. The third kappa shape index (κ3) is 4.74. The summed E-state index contributed by atoms with van der Waals surface area (Å²) >= 11 is 8.07. The van der Waals surface area contributed by atoms with Crippen LogP contribution in [-0.4, -0.2) is 59.5 Å². The van der Waals surface area contributed by atoms with E-state index in [1.807, 2.05) is 4.90 Å². The molecule has 2 amide bonds. The molecule has 26 heavy (non-hydrogen) atoms. The lowest BCUT2D eigenvalue weighted by molar-refractivity contribution is -0.117. The Balaban J connectivity index is 1.50. The van der Waals surface area contributed by atoms with E-state index in [1.165, 1.54) is 0 Å². The Morgan fingerprint density at radius 1 is 1.27 bits per heavy atom. The number of halogens is 2. The second kappa shape index (κ2) is 8.36. The maximum Gasteiger partial charge on any atom is 0.255 e. The van der Waals surface area contributed by atoms with Gasteiger partial charge in [0.05, 0.1) is 12.1 Å². The lowest BCUT2D eigenvalue weighted by atomic mass is 10.2. The SMILES string of the molecule is Cc1cc(NC(=O)CN2CCN(C(=O)c3ccc(Cl)cc3I)CC2)no1. The monoisotopic (exact) mass is 488 g/mol. The molecular formula is C17H18ClIN4O3. The average molecular weight is 489 g/mol. The van der Waals surface area contributed by atoms with Gasteiger partial charge >= 0.3 is 0 Å². The highest BCUT2D eigenvalue weighted by Gasteiger charge is 2.24. The predicted molar refractivity (Wildman–Crippen MR) is 106 cm³/mol. The summed E-state index contributed by atoms with van der Waals surface area (Å²) in [4.78, 5) is 28.6. The molecule has 0 aliphatic carbocycles. The Morgan fingerprint density at radius 3 is 2.62 bits per heavy atom. The molecule has 7 nitrogen and oxygen atoms in total. The van der Waals surface area contributed by atoms with Crippen molar-refractivity contribution in [1.82, 2.24) is 15.0 Å². The molecule has 0 atom stereocenters. The van der Waals surface area contributed by atoms with Crippen LogP contribution in [0.5, 0.6) is 0 Å². The maximum atomic E-state index is 12.7. The van der Waals surface area contributed by atoms with Gasteiger partial charge in [0.1, 0.15) is 5.76 Å². The molecule has 1 aromatic carbocycles. The summed E-state index contributed by atoms with van der Waals surface area (Å²) in [7, 11) is 0. The summed E-state index contributed by atoms with van der Waals surface area (Å²) in [6.07, 6.45) is 0. The number of benzene rings is 1. The molecule has 1 aromatic heterocycles. The Bertz CT molecular complexity index is 818. The molecule has 138 valence electrons. The van der Waals surface area contributed by atoms with E-state index >= 15 is 0 Å². The molecule has 1 N–H and O–H groups in total. The maximum absolute atomic E-state index is 12.7. The summed E-state index contributed by atoms with van der Waals surface area (Å²) in [6, 6.07) is 6.93. The van der Waals surface area contributed by atoms with Crippen LogP contribution in [0.1, 0.15) is 16.1 Å². The molecule has 0 bridgehead atoms. The van der Waals surface area contributed by atoms with Crippen LogP contribution in [0.2, 0.25) is 5.02 Å². The fraction of sp³-hybridized carbons (Fsp3) is 0.353. The number of rotatable bonds is 4. The average Bonchev–Trinajstić information content (AvgIpc) is 2.99.